The van der Waals surface area contributed by atoms with Gasteiger partial charge in [0.1, 0.15) is 5.75 Å². The Bertz CT molecular complexity index is 504. The number of benzene rings is 1. The van der Waals surface area contributed by atoms with Gasteiger partial charge in [0.25, 0.3) is 5.91 Å². The molecule has 0 aliphatic carbocycles. The molecular formula is C14H20N2O5. The van der Waals surface area contributed by atoms with Gasteiger partial charge in [-0.15, -0.1) is 0 Å². The first kappa shape index (κ1) is 16.7. The zero-order valence-corrected chi connectivity index (χ0v) is 12.4. The van der Waals surface area contributed by atoms with E-state index in [0.29, 0.717) is 5.75 Å². The lowest BCUT2D eigenvalue weighted by Crippen LogP contribution is -2.36. The summed E-state index contributed by atoms with van der Waals surface area (Å²) >= 11 is 0. The van der Waals surface area contributed by atoms with E-state index in [1.807, 2.05) is 13.8 Å². The molecule has 0 aliphatic heterocycles. The number of nitro groups is 1. The van der Waals surface area contributed by atoms with Crippen molar-refractivity contribution in [2.45, 2.75) is 32.7 Å². The lowest BCUT2D eigenvalue weighted by Gasteiger charge is -2.13. The predicted octanol–water partition coefficient (Wildman–Crippen LogP) is 2.29. The van der Waals surface area contributed by atoms with Gasteiger partial charge >= 0.3 is 5.69 Å². The van der Waals surface area contributed by atoms with Crippen molar-refractivity contribution in [2.75, 3.05) is 13.7 Å². The Labute approximate surface area is 123 Å². The molecule has 0 aromatic heterocycles. The molecule has 0 heterocycles. The number of carbonyl (C=O) groups is 1. The molecule has 1 rings (SSSR count). The maximum absolute atomic E-state index is 11.7. The van der Waals surface area contributed by atoms with Gasteiger partial charge in [-0.2, -0.15) is 0 Å². The van der Waals surface area contributed by atoms with Crippen molar-refractivity contribution in [3.63, 3.8) is 0 Å². The van der Waals surface area contributed by atoms with Gasteiger partial charge in [-0.1, -0.05) is 13.3 Å². The van der Waals surface area contributed by atoms with Gasteiger partial charge in [0.15, 0.2) is 12.4 Å². The molecule has 1 amide bonds. The summed E-state index contributed by atoms with van der Waals surface area (Å²) in [6.07, 6.45) is 1.83. The van der Waals surface area contributed by atoms with E-state index in [-0.39, 0.29) is 30.0 Å². The number of carbonyl (C=O) groups excluding carboxylic acids is 1. The highest BCUT2D eigenvalue weighted by Crippen LogP contribution is 2.30. The summed E-state index contributed by atoms with van der Waals surface area (Å²) in [5.74, 6) is 0.0928. The Kier molecular flexibility index (Phi) is 6.45. The summed E-state index contributed by atoms with van der Waals surface area (Å²) in [6, 6.07) is 4.27. The third-order valence-electron chi connectivity index (χ3n) is 2.85. The minimum absolute atomic E-state index is 0.0408. The molecule has 1 N–H and O–H groups in total. The van der Waals surface area contributed by atoms with Gasteiger partial charge in [0.2, 0.25) is 0 Å². The Morgan fingerprint density at radius 2 is 2.19 bits per heavy atom. The van der Waals surface area contributed by atoms with Crippen LogP contribution in [-0.2, 0) is 4.79 Å². The molecule has 0 saturated carbocycles. The van der Waals surface area contributed by atoms with Crippen LogP contribution >= 0.6 is 0 Å². The summed E-state index contributed by atoms with van der Waals surface area (Å²) in [7, 11) is 1.42. The second kappa shape index (κ2) is 8.08. The van der Waals surface area contributed by atoms with E-state index in [4.69, 9.17) is 9.47 Å². The van der Waals surface area contributed by atoms with E-state index >= 15 is 0 Å². The lowest BCUT2D eigenvalue weighted by atomic mass is 10.2. The van der Waals surface area contributed by atoms with Crippen molar-refractivity contribution < 1.29 is 19.2 Å². The Hall–Kier alpha value is -2.31. The van der Waals surface area contributed by atoms with Crippen molar-refractivity contribution in [1.82, 2.24) is 5.32 Å². The number of nitro benzene ring substituents is 1. The predicted molar refractivity (Wildman–Crippen MR) is 77.7 cm³/mol. The summed E-state index contributed by atoms with van der Waals surface area (Å²) < 4.78 is 10.2. The number of amides is 1. The number of hydrogen-bond donors (Lipinski definition) is 1. The molecule has 7 nitrogen and oxygen atoms in total. The molecule has 0 radical (unpaired) electrons. The summed E-state index contributed by atoms with van der Waals surface area (Å²) in [5, 5.41) is 13.7. The van der Waals surface area contributed by atoms with E-state index in [2.05, 4.69) is 5.32 Å². The lowest BCUT2D eigenvalue weighted by molar-refractivity contribution is -0.385. The molecule has 1 aromatic rings. The topological polar surface area (TPSA) is 90.7 Å². The first-order valence-corrected chi connectivity index (χ1v) is 6.72. The maximum Gasteiger partial charge on any atom is 0.314 e. The molecule has 0 spiro atoms. The molecule has 0 bridgehead atoms. The van der Waals surface area contributed by atoms with Crippen LogP contribution in [0.25, 0.3) is 0 Å². The standard InChI is InChI=1S/C14H20N2O5/c1-4-5-10(2)15-14(17)9-21-13-7-6-11(20-3)8-12(13)16(18)19/h6-8,10H,4-5,9H2,1-3H3,(H,15,17). The van der Waals surface area contributed by atoms with Gasteiger partial charge in [-0.3, -0.25) is 14.9 Å². The fourth-order valence-electron chi connectivity index (χ4n) is 1.85. The van der Waals surface area contributed by atoms with Crippen LogP contribution in [0.3, 0.4) is 0 Å². The molecule has 7 heteroatoms. The number of hydrogen-bond acceptors (Lipinski definition) is 5. The quantitative estimate of drug-likeness (QED) is 0.587. The van der Waals surface area contributed by atoms with Gasteiger partial charge in [0.05, 0.1) is 18.1 Å². The minimum Gasteiger partial charge on any atom is -0.496 e. The number of methoxy groups -OCH3 is 1. The third-order valence-corrected chi connectivity index (χ3v) is 2.85. The van der Waals surface area contributed by atoms with Crippen LogP contribution in [0.15, 0.2) is 18.2 Å². The summed E-state index contributed by atoms with van der Waals surface area (Å²) in [6.45, 7) is 3.67. The molecule has 1 aromatic carbocycles. The average molecular weight is 296 g/mol. The van der Waals surface area contributed by atoms with Crippen molar-refractivity contribution in [3.05, 3.63) is 28.3 Å². The zero-order chi connectivity index (χ0) is 15.8. The Morgan fingerprint density at radius 3 is 2.76 bits per heavy atom. The van der Waals surface area contributed by atoms with Crippen LogP contribution < -0.4 is 14.8 Å². The first-order chi connectivity index (χ1) is 9.97. The van der Waals surface area contributed by atoms with Gasteiger partial charge in [0, 0.05) is 6.04 Å². The highest BCUT2D eigenvalue weighted by atomic mass is 16.6. The summed E-state index contributed by atoms with van der Waals surface area (Å²) in [5.41, 5.74) is -0.233. The van der Waals surface area contributed by atoms with Gasteiger partial charge < -0.3 is 14.8 Å². The molecule has 0 saturated heterocycles. The van der Waals surface area contributed by atoms with Crippen molar-refractivity contribution in [1.29, 1.82) is 0 Å². The highest BCUT2D eigenvalue weighted by molar-refractivity contribution is 5.78. The van der Waals surface area contributed by atoms with E-state index in [1.54, 1.807) is 6.07 Å². The Balaban J connectivity index is 2.66. The van der Waals surface area contributed by atoms with Crippen LogP contribution in [0.2, 0.25) is 0 Å². The van der Waals surface area contributed by atoms with Crippen LogP contribution in [-0.4, -0.2) is 30.6 Å². The van der Waals surface area contributed by atoms with E-state index < -0.39 is 4.92 Å². The third kappa shape index (κ3) is 5.29. The van der Waals surface area contributed by atoms with Gasteiger partial charge in [-0.05, 0) is 25.5 Å². The smallest absolute Gasteiger partial charge is 0.314 e. The maximum atomic E-state index is 11.7. The van der Waals surface area contributed by atoms with Crippen LogP contribution in [0.1, 0.15) is 26.7 Å². The average Bonchev–Trinajstić information content (AvgIpc) is 2.45. The molecule has 1 unspecified atom stereocenters. The van der Waals surface area contributed by atoms with Gasteiger partial charge in [-0.25, -0.2) is 0 Å². The monoisotopic (exact) mass is 296 g/mol. The number of rotatable bonds is 8. The largest absolute Gasteiger partial charge is 0.496 e. The summed E-state index contributed by atoms with van der Waals surface area (Å²) in [4.78, 5) is 22.1. The Morgan fingerprint density at radius 1 is 1.48 bits per heavy atom. The fraction of sp³-hybridized carbons (Fsp3) is 0.500. The zero-order valence-electron chi connectivity index (χ0n) is 12.4. The normalized spacial score (nSPS) is 11.6. The molecule has 0 fully saturated rings. The van der Waals surface area contributed by atoms with Crippen molar-refractivity contribution >= 4 is 11.6 Å². The highest BCUT2D eigenvalue weighted by Gasteiger charge is 2.17. The fourth-order valence-corrected chi connectivity index (χ4v) is 1.85. The number of nitrogens with zero attached hydrogens (tertiary/aromatic N) is 1. The second-order valence-corrected chi connectivity index (χ2v) is 4.64. The van der Waals surface area contributed by atoms with Crippen LogP contribution in [0, 0.1) is 10.1 Å². The second-order valence-electron chi connectivity index (χ2n) is 4.64. The SMILES string of the molecule is CCCC(C)NC(=O)COc1ccc(OC)cc1[N+](=O)[O-]. The molecule has 0 aliphatic rings. The molecule has 1 atom stereocenters. The number of ether oxygens (including phenoxy) is 2. The molecule has 21 heavy (non-hydrogen) atoms. The van der Waals surface area contributed by atoms with E-state index in [1.165, 1.54) is 19.2 Å². The van der Waals surface area contributed by atoms with Crippen molar-refractivity contribution in [3.8, 4) is 11.5 Å². The number of nitrogens with one attached hydrogen (secondary N) is 1. The van der Waals surface area contributed by atoms with E-state index in [0.717, 1.165) is 12.8 Å². The van der Waals surface area contributed by atoms with E-state index in [9.17, 15) is 14.9 Å². The minimum atomic E-state index is -0.574. The molecular weight excluding hydrogens is 276 g/mol. The van der Waals surface area contributed by atoms with Crippen molar-refractivity contribution in [2.24, 2.45) is 0 Å². The van der Waals surface area contributed by atoms with Crippen LogP contribution in [0.4, 0.5) is 5.69 Å². The first-order valence-electron chi connectivity index (χ1n) is 6.72. The molecule has 116 valence electrons. The van der Waals surface area contributed by atoms with Crippen LogP contribution in [0.5, 0.6) is 11.5 Å².